The Balaban J connectivity index is 1.59. The van der Waals surface area contributed by atoms with Crippen molar-refractivity contribution in [1.82, 2.24) is 10.6 Å². The minimum absolute atomic E-state index is 0.0943. The first-order chi connectivity index (χ1) is 9.33. The van der Waals surface area contributed by atoms with Gasteiger partial charge in [-0.2, -0.15) is 0 Å². The molecule has 5 nitrogen and oxygen atoms in total. The molecule has 2 N–H and O–H groups in total. The van der Waals surface area contributed by atoms with Crippen molar-refractivity contribution >= 4 is 5.91 Å². The zero-order chi connectivity index (χ0) is 13.1. The van der Waals surface area contributed by atoms with Crippen LogP contribution in [0.2, 0.25) is 0 Å². The maximum Gasteiger partial charge on any atom is 0.264 e. The Kier molecular flexibility index (Phi) is 3.55. The first kappa shape index (κ1) is 12.3. The van der Waals surface area contributed by atoms with Gasteiger partial charge in [-0.25, -0.2) is 0 Å². The minimum atomic E-state index is -0.558. The predicted octanol–water partition coefficient (Wildman–Crippen LogP) is 0.695. The van der Waals surface area contributed by atoms with Crippen molar-refractivity contribution in [3.8, 4) is 11.5 Å². The number of rotatable bonds is 2. The fourth-order valence-corrected chi connectivity index (χ4v) is 2.42. The molecular formula is C14H18N2O3. The fourth-order valence-electron chi connectivity index (χ4n) is 2.42. The molecule has 1 saturated heterocycles. The average Bonchev–Trinajstić information content (AvgIpc) is 2.48. The van der Waals surface area contributed by atoms with Gasteiger partial charge in [0.2, 0.25) is 6.10 Å². The lowest BCUT2D eigenvalue weighted by atomic mass is 10.1. The number of carbonyl (C=O) groups excluding carboxylic acids is 1. The molecule has 0 unspecified atom stereocenters. The normalized spacial score (nSPS) is 25.7. The van der Waals surface area contributed by atoms with Gasteiger partial charge in [0.1, 0.15) is 6.61 Å². The number of para-hydroxylation sites is 2. The zero-order valence-electron chi connectivity index (χ0n) is 10.7. The third-order valence-corrected chi connectivity index (χ3v) is 3.44. The average molecular weight is 262 g/mol. The molecule has 1 aromatic rings. The van der Waals surface area contributed by atoms with Gasteiger partial charge in [0.05, 0.1) is 0 Å². The summed E-state index contributed by atoms with van der Waals surface area (Å²) in [6.45, 7) is 2.13. The Morgan fingerprint density at radius 3 is 2.95 bits per heavy atom. The topological polar surface area (TPSA) is 59.6 Å². The van der Waals surface area contributed by atoms with Crippen LogP contribution in [-0.2, 0) is 4.79 Å². The maximum absolute atomic E-state index is 12.1. The van der Waals surface area contributed by atoms with E-state index in [9.17, 15) is 4.79 Å². The van der Waals surface area contributed by atoms with E-state index in [2.05, 4.69) is 10.6 Å². The highest BCUT2D eigenvalue weighted by Gasteiger charge is 2.28. The molecule has 1 amide bonds. The lowest BCUT2D eigenvalue weighted by molar-refractivity contribution is -0.131. The van der Waals surface area contributed by atoms with E-state index in [0.717, 1.165) is 25.9 Å². The summed E-state index contributed by atoms with van der Waals surface area (Å²) < 4.78 is 11.2. The molecule has 2 atom stereocenters. The summed E-state index contributed by atoms with van der Waals surface area (Å²) in [5, 5.41) is 6.28. The third kappa shape index (κ3) is 2.81. The number of carbonyl (C=O) groups is 1. The van der Waals surface area contributed by atoms with Gasteiger partial charge in [-0.15, -0.1) is 0 Å². The summed E-state index contributed by atoms with van der Waals surface area (Å²) in [7, 11) is 0. The standard InChI is InChI=1S/C14H18N2O3/c17-14(16-10-4-3-7-15-8-10)13-9-18-11-5-1-2-6-12(11)19-13/h1-2,5-6,10,13,15H,3-4,7-9H2,(H,16,17)/t10-,13-/m0/s1. The molecule has 1 fully saturated rings. The maximum atomic E-state index is 12.1. The summed E-state index contributed by atoms with van der Waals surface area (Å²) in [5.41, 5.74) is 0. The van der Waals surface area contributed by atoms with Crippen LogP contribution in [0.4, 0.5) is 0 Å². The van der Waals surface area contributed by atoms with Gasteiger partial charge in [-0.1, -0.05) is 12.1 Å². The number of hydrogen-bond acceptors (Lipinski definition) is 4. The number of fused-ring (bicyclic) bond motifs is 1. The van der Waals surface area contributed by atoms with E-state index in [1.807, 2.05) is 24.3 Å². The molecule has 0 aliphatic carbocycles. The van der Waals surface area contributed by atoms with E-state index in [0.29, 0.717) is 11.5 Å². The van der Waals surface area contributed by atoms with Gasteiger partial charge < -0.3 is 20.1 Å². The second-order valence-corrected chi connectivity index (χ2v) is 4.92. The van der Waals surface area contributed by atoms with Gasteiger partial charge in [0.25, 0.3) is 5.91 Å². The molecule has 2 aliphatic rings. The van der Waals surface area contributed by atoms with Gasteiger partial charge in [-0.05, 0) is 31.5 Å². The molecule has 102 valence electrons. The molecule has 2 aliphatic heterocycles. The van der Waals surface area contributed by atoms with Crippen molar-refractivity contribution in [2.24, 2.45) is 0 Å². The molecule has 19 heavy (non-hydrogen) atoms. The van der Waals surface area contributed by atoms with Crippen LogP contribution in [0, 0.1) is 0 Å². The highest BCUT2D eigenvalue weighted by molar-refractivity contribution is 5.82. The van der Waals surface area contributed by atoms with Crippen LogP contribution in [-0.4, -0.2) is 37.7 Å². The summed E-state index contributed by atoms with van der Waals surface area (Å²) in [4.78, 5) is 12.1. The highest BCUT2D eigenvalue weighted by atomic mass is 16.6. The summed E-state index contributed by atoms with van der Waals surface area (Å²) in [6.07, 6.45) is 1.55. The highest BCUT2D eigenvalue weighted by Crippen LogP contribution is 2.30. The second kappa shape index (κ2) is 5.48. The molecular weight excluding hydrogens is 244 g/mol. The summed E-state index contributed by atoms with van der Waals surface area (Å²) in [5.74, 6) is 1.24. The molecule has 1 aromatic carbocycles. The lowest BCUT2D eigenvalue weighted by Crippen LogP contribution is -2.51. The molecule has 0 radical (unpaired) electrons. The smallest absolute Gasteiger partial charge is 0.264 e. The Morgan fingerprint density at radius 1 is 1.32 bits per heavy atom. The van der Waals surface area contributed by atoms with E-state index in [4.69, 9.17) is 9.47 Å². The molecule has 5 heteroatoms. The Bertz CT molecular complexity index is 458. The number of piperidine rings is 1. The first-order valence-corrected chi connectivity index (χ1v) is 6.72. The molecule has 0 aromatic heterocycles. The van der Waals surface area contributed by atoms with Gasteiger partial charge in [-0.3, -0.25) is 4.79 Å². The molecule has 3 rings (SSSR count). The van der Waals surface area contributed by atoms with Crippen LogP contribution < -0.4 is 20.1 Å². The summed E-state index contributed by atoms with van der Waals surface area (Å²) in [6, 6.07) is 7.61. The minimum Gasteiger partial charge on any atom is -0.485 e. The lowest BCUT2D eigenvalue weighted by Gasteiger charge is -2.29. The SMILES string of the molecule is O=C(N[C@H]1CCCNC1)[C@@H]1COc2ccccc2O1. The van der Waals surface area contributed by atoms with E-state index in [-0.39, 0.29) is 18.6 Å². The van der Waals surface area contributed by atoms with Crippen molar-refractivity contribution < 1.29 is 14.3 Å². The van der Waals surface area contributed by atoms with Crippen molar-refractivity contribution in [3.05, 3.63) is 24.3 Å². The number of hydrogen-bond donors (Lipinski definition) is 2. The Labute approximate surface area is 112 Å². The van der Waals surface area contributed by atoms with Crippen LogP contribution in [0.25, 0.3) is 0 Å². The third-order valence-electron chi connectivity index (χ3n) is 3.44. The largest absolute Gasteiger partial charge is 0.485 e. The van der Waals surface area contributed by atoms with Crippen molar-refractivity contribution in [2.45, 2.75) is 25.0 Å². The quantitative estimate of drug-likeness (QED) is 0.823. The monoisotopic (exact) mass is 262 g/mol. The van der Waals surface area contributed by atoms with Crippen LogP contribution >= 0.6 is 0 Å². The fraction of sp³-hybridized carbons (Fsp3) is 0.500. The van der Waals surface area contributed by atoms with Crippen LogP contribution in [0.1, 0.15) is 12.8 Å². The van der Waals surface area contributed by atoms with Crippen molar-refractivity contribution in [1.29, 1.82) is 0 Å². The molecule has 0 bridgehead atoms. The van der Waals surface area contributed by atoms with Crippen LogP contribution in [0.5, 0.6) is 11.5 Å². The predicted molar refractivity (Wildman–Crippen MR) is 70.4 cm³/mol. The Hall–Kier alpha value is -1.75. The van der Waals surface area contributed by atoms with E-state index in [1.165, 1.54) is 0 Å². The van der Waals surface area contributed by atoms with Crippen LogP contribution in [0.15, 0.2) is 24.3 Å². The second-order valence-electron chi connectivity index (χ2n) is 4.92. The first-order valence-electron chi connectivity index (χ1n) is 6.72. The van der Waals surface area contributed by atoms with Crippen molar-refractivity contribution in [2.75, 3.05) is 19.7 Å². The molecule has 2 heterocycles. The molecule has 0 spiro atoms. The number of nitrogens with one attached hydrogen (secondary N) is 2. The molecule has 0 saturated carbocycles. The summed E-state index contributed by atoms with van der Waals surface area (Å²) >= 11 is 0. The van der Waals surface area contributed by atoms with E-state index >= 15 is 0 Å². The van der Waals surface area contributed by atoms with Crippen LogP contribution in [0.3, 0.4) is 0 Å². The van der Waals surface area contributed by atoms with Gasteiger partial charge in [0.15, 0.2) is 11.5 Å². The number of amides is 1. The van der Waals surface area contributed by atoms with E-state index < -0.39 is 6.10 Å². The Morgan fingerprint density at radius 2 is 2.16 bits per heavy atom. The van der Waals surface area contributed by atoms with E-state index in [1.54, 1.807) is 0 Å². The number of ether oxygens (including phenoxy) is 2. The van der Waals surface area contributed by atoms with Gasteiger partial charge in [0, 0.05) is 12.6 Å². The van der Waals surface area contributed by atoms with Gasteiger partial charge >= 0.3 is 0 Å². The van der Waals surface area contributed by atoms with Crippen molar-refractivity contribution in [3.63, 3.8) is 0 Å². The number of benzene rings is 1. The zero-order valence-corrected chi connectivity index (χ0v) is 10.7.